The quantitative estimate of drug-likeness (QED) is 0.622. The highest BCUT2D eigenvalue weighted by Gasteiger charge is 2.73. The van der Waals surface area contributed by atoms with Crippen molar-refractivity contribution in [2.45, 2.75) is 36.1 Å². The Bertz CT molecular complexity index is 968. The fourth-order valence-electron chi connectivity index (χ4n) is 4.49. The van der Waals surface area contributed by atoms with E-state index in [1.807, 2.05) is 19.1 Å². The SMILES string of the molecule is CN1C(=O)[C@@]23C[C@](C)(C#N)[C@H](c4ccc5c(c4)OCO5)N2C(=O)[C@@]1(C)SSS3. The first-order valence-corrected chi connectivity index (χ1v) is 12.2. The molecule has 0 aromatic heterocycles. The van der Waals surface area contributed by atoms with Gasteiger partial charge in [0.1, 0.15) is 0 Å². The number of nitrogens with zero attached hydrogens (tertiary/aromatic N) is 3. The van der Waals surface area contributed by atoms with Crippen molar-refractivity contribution in [2.75, 3.05) is 13.8 Å². The van der Waals surface area contributed by atoms with Crippen LogP contribution in [-0.4, -0.2) is 45.2 Å². The van der Waals surface area contributed by atoms with Crippen LogP contribution in [0.4, 0.5) is 0 Å². The second kappa shape index (κ2) is 5.68. The van der Waals surface area contributed by atoms with Gasteiger partial charge >= 0.3 is 0 Å². The van der Waals surface area contributed by atoms with E-state index in [1.54, 1.807) is 29.8 Å². The molecule has 146 valence electrons. The third-order valence-corrected chi connectivity index (χ3v) is 11.2. The zero-order valence-corrected chi connectivity index (χ0v) is 17.9. The van der Waals surface area contributed by atoms with Gasteiger partial charge in [0.2, 0.25) is 6.79 Å². The minimum absolute atomic E-state index is 0.123. The number of carbonyl (C=O) groups excluding carboxylic acids is 2. The molecule has 5 heterocycles. The normalized spacial score (nSPS) is 38.4. The van der Waals surface area contributed by atoms with Crippen molar-refractivity contribution in [3.63, 3.8) is 0 Å². The first-order chi connectivity index (χ1) is 13.3. The number of hydrogen-bond donors (Lipinski definition) is 0. The molecule has 0 radical (unpaired) electrons. The van der Waals surface area contributed by atoms with Crippen molar-refractivity contribution in [2.24, 2.45) is 5.41 Å². The predicted octanol–water partition coefficient (Wildman–Crippen LogP) is 3.15. The van der Waals surface area contributed by atoms with E-state index in [4.69, 9.17) is 9.47 Å². The van der Waals surface area contributed by atoms with E-state index < -0.39 is 21.2 Å². The summed E-state index contributed by atoms with van der Waals surface area (Å²) in [4.78, 5) is 28.3. The van der Waals surface area contributed by atoms with Crippen molar-refractivity contribution in [3.8, 4) is 17.6 Å². The highest BCUT2D eigenvalue weighted by atomic mass is 33.5. The molecule has 5 aliphatic heterocycles. The van der Waals surface area contributed by atoms with Crippen LogP contribution in [0, 0.1) is 16.7 Å². The van der Waals surface area contributed by atoms with Gasteiger partial charge < -0.3 is 19.3 Å². The summed E-state index contributed by atoms with van der Waals surface area (Å²) in [6.45, 7) is 3.76. The maximum Gasteiger partial charge on any atom is 0.261 e. The molecule has 1 spiro atoms. The van der Waals surface area contributed by atoms with E-state index in [0.717, 1.165) is 5.56 Å². The topological polar surface area (TPSA) is 82.9 Å². The maximum absolute atomic E-state index is 13.7. The van der Waals surface area contributed by atoms with E-state index in [2.05, 4.69) is 6.07 Å². The van der Waals surface area contributed by atoms with Gasteiger partial charge in [-0.3, -0.25) is 9.59 Å². The van der Waals surface area contributed by atoms with Gasteiger partial charge in [0.05, 0.1) is 17.5 Å². The average Bonchev–Trinajstić information content (AvgIpc) is 3.20. The fourth-order valence-corrected chi connectivity index (χ4v) is 10.5. The molecule has 7 nitrogen and oxygen atoms in total. The molecule has 2 amide bonds. The molecule has 10 heteroatoms. The van der Waals surface area contributed by atoms with Crippen molar-refractivity contribution < 1.29 is 19.1 Å². The number of ether oxygens (including phenoxy) is 2. The third-order valence-electron chi connectivity index (χ3n) is 6.09. The summed E-state index contributed by atoms with van der Waals surface area (Å²) in [5.74, 6) is 0.972. The summed E-state index contributed by atoms with van der Waals surface area (Å²) in [6, 6.07) is 7.35. The number of benzene rings is 1. The standard InChI is InChI=1S/C18H17N3O4S3/c1-16(8-19)7-18-15(23)20(3)17(2,26-28-27-18)14(22)21(18)13(16)10-4-5-11-12(6-10)25-9-24-11/h4-6,13H,7,9H2,1-3H3/t13-,16+,17+,18-/m0/s1. The molecule has 28 heavy (non-hydrogen) atoms. The summed E-state index contributed by atoms with van der Waals surface area (Å²) in [5, 5.41) is 10.1. The number of likely N-dealkylation sites (N-methyl/N-ethyl adjacent to an activating group) is 1. The van der Waals surface area contributed by atoms with Gasteiger partial charge in [-0.25, -0.2) is 0 Å². The molecule has 0 saturated carbocycles. The number of hydrogen-bond acceptors (Lipinski definition) is 8. The van der Waals surface area contributed by atoms with Gasteiger partial charge in [-0.05, 0) is 63.0 Å². The molecule has 4 fully saturated rings. The lowest BCUT2D eigenvalue weighted by molar-refractivity contribution is -0.163. The van der Waals surface area contributed by atoms with Crippen LogP contribution in [-0.2, 0) is 9.59 Å². The van der Waals surface area contributed by atoms with Gasteiger partial charge in [0.25, 0.3) is 11.8 Å². The van der Waals surface area contributed by atoms with Gasteiger partial charge in [-0.1, -0.05) is 6.07 Å². The van der Waals surface area contributed by atoms with E-state index in [1.165, 1.54) is 31.4 Å². The maximum atomic E-state index is 13.7. The van der Waals surface area contributed by atoms with Crippen LogP contribution in [0.5, 0.6) is 11.5 Å². The summed E-state index contributed by atoms with van der Waals surface area (Å²) < 4.78 is 10.9. The van der Waals surface area contributed by atoms with Gasteiger partial charge in [-0.2, -0.15) is 5.26 Å². The van der Waals surface area contributed by atoms with Crippen LogP contribution >= 0.6 is 31.4 Å². The first-order valence-electron chi connectivity index (χ1n) is 8.73. The van der Waals surface area contributed by atoms with E-state index in [0.29, 0.717) is 11.5 Å². The van der Waals surface area contributed by atoms with Crippen LogP contribution in [0.3, 0.4) is 0 Å². The Morgan fingerprint density at radius 2 is 1.93 bits per heavy atom. The number of nitriles is 1. The molecule has 0 N–H and O–H groups in total. The lowest BCUT2D eigenvalue weighted by atomic mass is 9.79. The van der Waals surface area contributed by atoms with E-state index in [-0.39, 0.29) is 25.0 Å². The molecule has 4 saturated heterocycles. The van der Waals surface area contributed by atoms with Crippen LogP contribution in [0.2, 0.25) is 0 Å². The van der Waals surface area contributed by atoms with Crippen LogP contribution < -0.4 is 9.47 Å². The second-order valence-corrected chi connectivity index (χ2v) is 12.3. The molecule has 0 aliphatic carbocycles. The number of fused-ring (bicyclic) bond motifs is 4. The minimum atomic E-state index is -1.09. The monoisotopic (exact) mass is 435 g/mol. The molecule has 4 atom stereocenters. The lowest BCUT2D eigenvalue weighted by Crippen LogP contribution is -2.69. The van der Waals surface area contributed by atoms with Crippen LogP contribution in [0.1, 0.15) is 31.9 Å². The summed E-state index contributed by atoms with van der Waals surface area (Å²) in [6.07, 6.45) is 0.277. The number of rotatable bonds is 1. The molecule has 2 bridgehead atoms. The fraction of sp³-hybridized carbons (Fsp3) is 0.500. The average molecular weight is 436 g/mol. The molecule has 6 rings (SSSR count). The second-order valence-electron chi connectivity index (χ2n) is 7.76. The Morgan fingerprint density at radius 1 is 1.18 bits per heavy atom. The van der Waals surface area contributed by atoms with Gasteiger partial charge in [0, 0.05) is 13.5 Å². The molecule has 1 aromatic carbocycles. The van der Waals surface area contributed by atoms with Crippen molar-refractivity contribution in [1.82, 2.24) is 9.80 Å². The summed E-state index contributed by atoms with van der Waals surface area (Å²) >= 11 is 0. The first kappa shape index (κ1) is 18.3. The highest BCUT2D eigenvalue weighted by Crippen LogP contribution is 2.69. The summed E-state index contributed by atoms with van der Waals surface area (Å²) in [7, 11) is 5.91. The number of carbonyl (C=O) groups is 2. The molecular formula is C18H17N3O4S3. The smallest absolute Gasteiger partial charge is 0.261 e. The van der Waals surface area contributed by atoms with Crippen molar-refractivity contribution >= 4 is 43.2 Å². The zero-order valence-electron chi connectivity index (χ0n) is 15.4. The van der Waals surface area contributed by atoms with Gasteiger partial charge in [0.15, 0.2) is 21.2 Å². The van der Waals surface area contributed by atoms with Gasteiger partial charge in [-0.15, -0.1) is 0 Å². The van der Waals surface area contributed by atoms with Crippen molar-refractivity contribution in [3.05, 3.63) is 23.8 Å². The summed E-state index contributed by atoms with van der Waals surface area (Å²) in [5.41, 5.74) is -0.138. The number of piperazine rings is 1. The van der Waals surface area contributed by atoms with Crippen LogP contribution in [0.25, 0.3) is 0 Å². The minimum Gasteiger partial charge on any atom is -0.454 e. The Labute approximate surface area is 173 Å². The molecule has 0 unspecified atom stereocenters. The molecular weight excluding hydrogens is 418 g/mol. The highest BCUT2D eigenvalue weighted by molar-refractivity contribution is 9.10. The molecule has 5 aliphatic rings. The zero-order chi connectivity index (χ0) is 19.9. The Hall–Kier alpha value is -1.70. The Balaban J connectivity index is 1.72. The van der Waals surface area contributed by atoms with E-state index in [9.17, 15) is 14.9 Å². The van der Waals surface area contributed by atoms with Crippen LogP contribution in [0.15, 0.2) is 18.2 Å². The third kappa shape index (κ3) is 2.05. The number of amides is 2. The molecule has 1 aromatic rings. The predicted molar refractivity (Wildman–Crippen MR) is 107 cm³/mol. The largest absolute Gasteiger partial charge is 0.454 e. The Kier molecular flexibility index (Phi) is 3.72. The van der Waals surface area contributed by atoms with E-state index >= 15 is 0 Å². The Morgan fingerprint density at radius 3 is 2.68 bits per heavy atom. The lowest BCUT2D eigenvalue weighted by Gasteiger charge is -2.49. The van der Waals surface area contributed by atoms with Crippen molar-refractivity contribution in [1.29, 1.82) is 5.26 Å².